The molecule has 1 saturated carbocycles. The van der Waals surface area contributed by atoms with Gasteiger partial charge in [0.15, 0.2) is 0 Å². The number of hydrogen-bond acceptors (Lipinski definition) is 3. The Kier molecular flexibility index (Phi) is 4.32. The molecule has 0 spiro atoms. The minimum atomic E-state index is 0.861. The van der Waals surface area contributed by atoms with Gasteiger partial charge < -0.3 is 0 Å². The molecular weight excluding hydrogens is 297 g/mol. The molecule has 1 unspecified atom stereocenters. The fraction of sp³-hybridized carbons (Fsp3) is 0.667. The van der Waals surface area contributed by atoms with Crippen LogP contribution in [0.4, 0.5) is 11.5 Å². The Morgan fingerprint density at radius 1 is 1.32 bits per heavy atom. The van der Waals surface area contributed by atoms with Crippen LogP contribution in [-0.2, 0) is 0 Å². The molecule has 1 saturated heterocycles. The van der Waals surface area contributed by atoms with E-state index in [4.69, 9.17) is 0 Å². The van der Waals surface area contributed by atoms with Gasteiger partial charge in [-0.1, -0.05) is 0 Å². The molecular formula is C15H24AsN3. The van der Waals surface area contributed by atoms with Crippen molar-refractivity contribution in [3.05, 3.63) is 18.3 Å². The van der Waals surface area contributed by atoms with Crippen LogP contribution in [0.1, 0.15) is 32.1 Å². The summed E-state index contributed by atoms with van der Waals surface area (Å²) in [6.07, 6.45) is 8.88. The van der Waals surface area contributed by atoms with E-state index in [1.165, 1.54) is 50.9 Å². The molecule has 2 fully saturated rings. The van der Waals surface area contributed by atoms with Crippen molar-refractivity contribution >= 4 is 28.4 Å². The zero-order valence-electron chi connectivity index (χ0n) is 11.5. The molecule has 19 heavy (non-hydrogen) atoms. The van der Waals surface area contributed by atoms with Crippen molar-refractivity contribution in [3.8, 4) is 0 Å². The van der Waals surface area contributed by atoms with Crippen molar-refractivity contribution < 1.29 is 0 Å². The average Bonchev–Trinajstić information content (AvgIpc) is 3.08. The van der Waals surface area contributed by atoms with Crippen LogP contribution in [0, 0.1) is 5.92 Å². The molecule has 0 bridgehead atoms. The Bertz CT molecular complexity index is 418. The van der Waals surface area contributed by atoms with Crippen molar-refractivity contribution in [1.82, 2.24) is 4.98 Å². The molecule has 2 aliphatic rings. The van der Waals surface area contributed by atoms with Gasteiger partial charge in [0.1, 0.15) is 0 Å². The first-order chi connectivity index (χ1) is 9.31. The van der Waals surface area contributed by atoms with Crippen LogP contribution in [0.5, 0.6) is 0 Å². The second-order valence-electron chi connectivity index (χ2n) is 5.93. The monoisotopic (exact) mass is 321 g/mol. The third-order valence-electron chi connectivity index (χ3n) is 4.38. The van der Waals surface area contributed by atoms with Crippen molar-refractivity contribution in [3.63, 3.8) is 0 Å². The van der Waals surface area contributed by atoms with Gasteiger partial charge in [-0.05, 0) is 0 Å². The van der Waals surface area contributed by atoms with Crippen LogP contribution in [-0.4, -0.2) is 41.5 Å². The van der Waals surface area contributed by atoms with Gasteiger partial charge in [-0.25, -0.2) is 0 Å². The molecule has 2 heterocycles. The number of anilines is 2. The molecule has 104 valence electrons. The van der Waals surface area contributed by atoms with Crippen LogP contribution >= 0.6 is 0 Å². The summed E-state index contributed by atoms with van der Waals surface area (Å²) in [5.74, 6) is 1.91. The summed E-state index contributed by atoms with van der Waals surface area (Å²) in [6, 6.07) is 4.37. The summed E-state index contributed by atoms with van der Waals surface area (Å²) in [5, 5.41) is 3.53. The zero-order chi connectivity index (χ0) is 13.1. The third kappa shape index (κ3) is 3.45. The van der Waals surface area contributed by atoms with Crippen molar-refractivity contribution in [2.75, 3.05) is 29.9 Å². The molecule has 1 aromatic heterocycles. The first-order valence-corrected chi connectivity index (χ1v) is 8.91. The van der Waals surface area contributed by atoms with Crippen LogP contribution < -0.4 is 10.2 Å². The van der Waals surface area contributed by atoms with Crippen molar-refractivity contribution in [1.29, 1.82) is 0 Å². The summed E-state index contributed by atoms with van der Waals surface area (Å²) in [7, 11) is 0. The van der Waals surface area contributed by atoms with Gasteiger partial charge in [-0.2, -0.15) is 0 Å². The normalized spacial score (nSPS) is 24.1. The SMILES string of the molecule is [AsH2][C@@H]1CCN(c2ccnc(NCC3CCCC3)c2)C1. The molecule has 3 nitrogen and oxygen atoms in total. The first kappa shape index (κ1) is 13.3. The zero-order valence-corrected chi connectivity index (χ0v) is 13.9. The Morgan fingerprint density at radius 3 is 2.89 bits per heavy atom. The van der Waals surface area contributed by atoms with E-state index in [0.717, 1.165) is 23.0 Å². The first-order valence-electron chi connectivity index (χ1n) is 7.52. The minimum absolute atomic E-state index is 0.861. The molecule has 1 aliphatic carbocycles. The molecule has 4 heteroatoms. The predicted octanol–water partition coefficient (Wildman–Crippen LogP) is 2.32. The maximum absolute atomic E-state index is 4.46. The number of aromatic nitrogens is 1. The number of hydrogen-bond donors (Lipinski definition) is 1. The topological polar surface area (TPSA) is 28.2 Å². The van der Waals surface area contributed by atoms with E-state index < -0.39 is 0 Å². The molecule has 0 amide bonds. The molecule has 0 aromatic carbocycles. The summed E-state index contributed by atoms with van der Waals surface area (Å²) >= 11 is 1.88. The number of pyridine rings is 1. The fourth-order valence-electron chi connectivity index (χ4n) is 3.20. The van der Waals surface area contributed by atoms with Gasteiger partial charge in [0.25, 0.3) is 0 Å². The molecule has 1 N–H and O–H groups in total. The van der Waals surface area contributed by atoms with Gasteiger partial charge in [-0.3, -0.25) is 0 Å². The van der Waals surface area contributed by atoms with Gasteiger partial charge in [0.05, 0.1) is 0 Å². The maximum atomic E-state index is 4.46. The fourth-order valence-corrected chi connectivity index (χ4v) is 4.04. The predicted molar refractivity (Wildman–Crippen MR) is 83.8 cm³/mol. The quantitative estimate of drug-likeness (QED) is 0.863. The molecule has 1 aliphatic heterocycles. The van der Waals surface area contributed by atoms with Crippen molar-refractivity contribution in [2.45, 2.75) is 36.8 Å². The van der Waals surface area contributed by atoms with Gasteiger partial charge in [0.2, 0.25) is 0 Å². The summed E-state index contributed by atoms with van der Waals surface area (Å²) < 4.78 is 0.885. The summed E-state index contributed by atoms with van der Waals surface area (Å²) in [4.78, 5) is 6.95. The van der Waals surface area contributed by atoms with Gasteiger partial charge in [0, 0.05) is 0 Å². The van der Waals surface area contributed by atoms with Crippen molar-refractivity contribution in [2.24, 2.45) is 5.92 Å². The second-order valence-corrected chi connectivity index (χ2v) is 7.90. The molecule has 1 aromatic rings. The van der Waals surface area contributed by atoms with E-state index in [9.17, 15) is 0 Å². The molecule has 0 radical (unpaired) electrons. The number of nitrogens with zero attached hydrogens (tertiary/aromatic N) is 2. The van der Waals surface area contributed by atoms with Crippen LogP contribution in [0.2, 0.25) is 4.71 Å². The number of rotatable bonds is 4. The number of nitrogens with one attached hydrogen (secondary N) is 1. The summed E-state index contributed by atoms with van der Waals surface area (Å²) in [5.41, 5.74) is 1.34. The van der Waals surface area contributed by atoms with E-state index in [0.29, 0.717) is 0 Å². The van der Waals surface area contributed by atoms with E-state index >= 15 is 0 Å². The van der Waals surface area contributed by atoms with E-state index in [1.807, 2.05) is 23.0 Å². The second kappa shape index (κ2) is 6.17. The van der Waals surface area contributed by atoms with Crippen LogP contribution in [0.25, 0.3) is 0 Å². The van der Waals surface area contributed by atoms with Gasteiger partial charge >= 0.3 is 124 Å². The third-order valence-corrected chi connectivity index (χ3v) is 5.52. The van der Waals surface area contributed by atoms with E-state index in [2.05, 4.69) is 27.3 Å². The van der Waals surface area contributed by atoms with Crippen LogP contribution in [0.15, 0.2) is 18.3 Å². The summed E-state index contributed by atoms with van der Waals surface area (Å²) in [6.45, 7) is 3.51. The standard InChI is InChI=1S/C15H24AsN3/c16-13-6-8-19(11-13)14-5-7-17-15(9-14)18-10-12-3-1-2-4-12/h5,7,9,12-13H,1-4,6,8,10-11,16H2,(H,17,18)/t13-/m1/s1. The molecule has 3 rings (SSSR count). The Balaban J connectivity index is 1.59. The molecule has 2 atom stereocenters. The van der Waals surface area contributed by atoms with Gasteiger partial charge in [-0.15, -0.1) is 0 Å². The Labute approximate surface area is 124 Å². The Morgan fingerprint density at radius 2 is 2.16 bits per heavy atom. The van der Waals surface area contributed by atoms with E-state index in [1.54, 1.807) is 0 Å². The Hall–Kier alpha value is -0.692. The van der Waals surface area contributed by atoms with Crippen LogP contribution in [0.3, 0.4) is 0 Å². The van der Waals surface area contributed by atoms with E-state index in [-0.39, 0.29) is 0 Å². The average molecular weight is 321 g/mol.